The second-order valence-corrected chi connectivity index (χ2v) is 2.77. The average molecular weight is 170 g/mol. The smallest absolute Gasteiger partial charge is 0.152 e. The van der Waals surface area contributed by atoms with Crippen molar-refractivity contribution in [3.05, 3.63) is 12.2 Å². The molecule has 0 N–H and O–H groups in total. The summed E-state index contributed by atoms with van der Waals surface area (Å²) in [4.78, 5) is 10.5. The van der Waals surface area contributed by atoms with E-state index in [0.29, 0.717) is 0 Å². The maximum Gasteiger partial charge on any atom is 0.152 e. The third kappa shape index (κ3) is 9.37. The van der Waals surface area contributed by atoms with Crippen molar-refractivity contribution in [2.45, 2.75) is 33.1 Å². The van der Waals surface area contributed by atoms with Gasteiger partial charge in [-0.2, -0.15) is 0 Å². The largest absolute Gasteiger partial charge is 0.381 e. The fourth-order valence-corrected chi connectivity index (χ4v) is 0.749. The van der Waals surface area contributed by atoms with Gasteiger partial charge in [-0.15, -0.1) is 0 Å². The molecule has 0 atom stereocenters. The third-order valence-corrected chi connectivity index (χ3v) is 1.42. The Hall–Kier alpha value is -0.630. The number of ether oxygens (including phenoxy) is 1. The number of allylic oxidation sites excluding steroid dienone is 1. The predicted octanol–water partition coefficient (Wildman–Crippen LogP) is 2.34. The van der Waals surface area contributed by atoms with Crippen LogP contribution < -0.4 is 0 Å². The first kappa shape index (κ1) is 11.4. The minimum atomic E-state index is 0.101. The molecule has 0 heterocycles. The Balaban J connectivity index is 3.05. The summed E-state index contributed by atoms with van der Waals surface area (Å²) in [5.74, 6) is 0.101. The fourth-order valence-electron chi connectivity index (χ4n) is 0.749. The van der Waals surface area contributed by atoms with Gasteiger partial charge in [0.25, 0.3) is 0 Å². The molecule has 0 aliphatic carbocycles. The van der Waals surface area contributed by atoms with E-state index in [1.54, 1.807) is 13.0 Å². The Morgan fingerprint density at radius 2 is 2.17 bits per heavy atom. The topological polar surface area (TPSA) is 26.3 Å². The lowest BCUT2D eigenvalue weighted by Crippen LogP contribution is -1.95. The number of rotatable bonds is 7. The zero-order valence-electron chi connectivity index (χ0n) is 8.01. The highest BCUT2D eigenvalue weighted by Crippen LogP contribution is 1.90. The van der Waals surface area contributed by atoms with E-state index in [2.05, 4.69) is 6.92 Å². The Labute approximate surface area is 74.6 Å². The van der Waals surface area contributed by atoms with E-state index in [0.717, 1.165) is 26.1 Å². The van der Waals surface area contributed by atoms with Gasteiger partial charge in [0.15, 0.2) is 5.78 Å². The highest BCUT2D eigenvalue weighted by molar-refractivity contribution is 5.87. The van der Waals surface area contributed by atoms with Gasteiger partial charge in [-0.1, -0.05) is 19.4 Å². The summed E-state index contributed by atoms with van der Waals surface area (Å²) in [6.07, 6.45) is 6.57. The summed E-state index contributed by atoms with van der Waals surface area (Å²) < 4.78 is 5.29. The van der Waals surface area contributed by atoms with Gasteiger partial charge in [0.2, 0.25) is 0 Å². The Kier molecular flexibility index (Phi) is 8.02. The van der Waals surface area contributed by atoms with Crippen molar-refractivity contribution < 1.29 is 9.53 Å². The molecular weight excluding hydrogens is 152 g/mol. The van der Waals surface area contributed by atoms with Crippen molar-refractivity contribution in [1.29, 1.82) is 0 Å². The Morgan fingerprint density at radius 3 is 2.75 bits per heavy atom. The van der Waals surface area contributed by atoms with Crippen LogP contribution in [0.3, 0.4) is 0 Å². The highest BCUT2D eigenvalue weighted by atomic mass is 16.5. The number of ketones is 1. The minimum absolute atomic E-state index is 0.101. The number of carbonyl (C=O) groups is 1. The molecule has 0 aliphatic heterocycles. The van der Waals surface area contributed by atoms with Crippen LogP contribution in [-0.2, 0) is 9.53 Å². The molecule has 0 saturated heterocycles. The van der Waals surface area contributed by atoms with Gasteiger partial charge in [0.1, 0.15) is 0 Å². The van der Waals surface area contributed by atoms with E-state index in [-0.39, 0.29) is 5.78 Å². The second kappa shape index (κ2) is 8.47. The standard InChI is InChI=1S/C10H18O2/c1-3-4-8-12-9-6-5-7-10(2)11/h5,7H,3-4,6,8-9H2,1-2H3/b7-5+. The van der Waals surface area contributed by atoms with E-state index in [1.807, 2.05) is 6.08 Å². The van der Waals surface area contributed by atoms with E-state index in [9.17, 15) is 4.79 Å². The number of hydrogen-bond acceptors (Lipinski definition) is 2. The molecule has 0 aliphatic rings. The van der Waals surface area contributed by atoms with Crippen LogP contribution in [0, 0.1) is 0 Å². The van der Waals surface area contributed by atoms with Crippen LogP contribution in [0.25, 0.3) is 0 Å². The van der Waals surface area contributed by atoms with Crippen molar-refractivity contribution in [2.75, 3.05) is 13.2 Å². The molecule has 0 unspecified atom stereocenters. The molecule has 0 rings (SSSR count). The summed E-state index contributed by atoms with van der Waals surface area (Å²) in [6.45, 7) is 5.25. The van der Waals surface area contributed by atoms with Crippen molar-refractivity contribution in [3.8, 4) is 0 Å². The summed E-state index contributed by atoms with van der Waals surface area (Å²) in [5.41, 5.74) is 0. The quantitative estimate of drug-likeness (QED) is 0.433. The molecule has 2 heteroatoms. The monoisotopic (exact) mass is 170 g/mol. The van der Waals surface area contributed by atoms with E-state index in [4.69, 9.17) is 4.74 Å². The molecule has 2 nitrogen and oxygen atoms in total. The molecule has 12 heavy (non-hydrogen) atoms. The molecule has 0 saturated carbocycles. The van der Waals surface area contributed by atoms with Gasteiger partial charge >= 0.3 is 0 Å². The molecule has 0 aromatic heterocycles. The van der Waals surface area contributed by atoms with Crippen LogP contribution in [0.5, 0.6) is 0 Å². The Bertz CT molecular complexity index is 139. The minimum Gasteiger partial charge on any atom is -0.381 e. The van der Waals surface area contributed by atoms with Gasteiger partial charge in [-0.3, -0.25) is 4.79 Å². The molecule has 70 valence electrons. The molecular formula is C10H18O2. The lowest BCUT2D eigenvalue weighted by atomic mass is 10.3. The van der Waals surface area contributed by atoms with Crippen LogP contribution in [0.1, 0.15) is 33.1 Å². The van der Waals surface area contributed by atoms with Gasteiger partial charge in [-0.25, -0.2) is 0 Å². The number of hydrogen-bond donors (Lipinski definition) is 0. The predicted molar refractivity (Wildman–Crippen MR) is 50.2 cm³/mol. The molecule has 0 radical (unpaired) electrons. The third-order valence-electron chi connectivity index (χ3n) is 1.42. The Morgan fingerprint density at radius 1 is 1.42 bits per heavy atom. The molecule has 0 bridgehead atoms. The van der Waals surface area contributed by atoms with Crippen molar-refractivity contribution >= 4 is 5.78 Å². The van der Waals surface area contributed by atoms with E-state index in [1.165, 1.54) is 6.42 Å². The normalized spacial score (nSPS) is 10.8. The molecule has 0 spiro atoms. The maximum absolute atomic E-state index is 10.5. The first-order valence-corrected chi connectivity index (χ1v) is 4.52. The van der Waals surface area contributed by atoms with Crippen molar-refractivity contribution in [1.82, 2.24) is 0 Å². The first-order valence-electron chi connectivity index (χ1n) is 4.52. The van der Waals surface area contributed by atoms with E-state index >= 15 is 0 Å². The summed E-state index contributed by atoms with van der Waals surface area (Å²) >= 11 is 0. The zero-order valence-corrected chi connectivity index (χ0v) is 8.01. The average Bonchev–Trinajstić information content (AvgIpc) is 2.02. The van der Waals surface area contributed by atoms with Gasteiger partial charge in [-0.05, 0) is 25.8 Å². The maximum atomic E-state index is 10.5. The van der Waals surface area contributed by atoms with Crippen LogP contribution in [-0.4, -0.2) is 19.0 Å². The van der Waals surface area contributed by atoms with Gasteiger partial charge in [0.05, 0.1) is 6.61 Å². The van der Waals surface area contributed by atoms with Crippen LogP contribution in [0.4, 0.5) is 0 Å². The fraction of sp³-hybridized carbons (Fsp3) is 0.700. The van der Waals surface area contributed by atoms with E-state index < -0.39 is 0 Å². The first-order chi connectivity index (χ1) is 5.77. The molecule has 0 aromatic carbocycles. The van der Waals surface area contributed by atoms with Crippen LogP contribution >= 0.6 is 0 Å². The van der Waals surface area contributed by atoms with Crippen LogP contribution in [0.2, 0.25) is 0 Å². The summed E-state index contributed by atoms with van der Waals surface area (Å²) in [5, 5.41) is 0. The number of carbonyl (C=O) groups excluding carboxylic acids is 1. The van der Waals surface area contributed by atoms with Crippen molar-refractivity contribution in [2.24, 2.45) is 0 Å². The number of unbranched alkanes of at least 4 members (excludes halogenated alkanes) is 1. The van der Waals surface area contributed by atoms with Gasteiger partial charge < -0.3 is 4.74 Å². The SMILES string of the molecule is CCCCOCC/C=C/C(C)=O. The highest BCUT2D eigenvalue weighted by Gasteiger charge is 1.85. The second-order valence-electron chi connectivity index (χ2n) is 2.77. The summed E-state index contributed by atoms with van der Waals surface area (Å²) in [6, 6.07) is 0. The van der Waals surface area contributed by atoms with Crippen molar-refractivity contribution in [3.63, 3.8) is 0 Å². The lowest BCUT2D eigenvalue weighted by molar-refractivity contribution is -0.112. The molecule has 0 aromatic rings. The summed E-state index contributed by atoms with van der Waals surface area (Å²) in [7, 11) is 0. The van der Waals surface area contributed by atoms with Gasteiger partial charge in [0, 0.05) is 6.61 Å². The molecule has 0 amide bonds. The molecule has 0 fully saturated rings. The zero-order chi connectivity index (χ0) is 9.23. The lowest BCUT2D eigenvalue weighted by Gasteiger charge is -1.98. The van der Waals surface area contributed by atoms with Crippen LogP contribution in [0.15, 0.2) is 12.2 Å².